The zero-order chi connectivity index (χ0) is 27.2. The first-order valence-corrected chi connectivity index (χ1v) is 12.7. The van der Waals surface area contributed by atoms with Gasteiger partial charge in [0, 0.05) is 28.9 Å². The molecule has 206 valence electrons. The Morgan fingerprint density at radius 1 is 0.923 bits per heavy atom. The van der Waals surface area contributed by atoms with Crippen LogP contribution in [-0.2, 0) is 9.59 Å². The SMILES string of the molecule is C.NC[C@H](NC(=O)c1ccc(C#CC#Cc2ccc(NC(=O)CNCC3CCCCC3)cc2)cc1)C(=O)NO. The molecule has 9 nitrogen and oxygen atoms in total. The molecule has 2 aromatic carbocycles. The van der Waals surface area contributed by atoms with E-state index in [2.05, 4.69) is 39.6 Å². The first-order chi connectivity index (χ1) is 18.5. The summed E-state index contributed by atoms with van der Waals surface area (Å²) < 4.78 is 0. The van der Waals surface area contributed by atoms with Crippen molar-refractivity contribution in [3.05, 3.63) is 65.2 Å². The van der Waals surface area contributed by atoms with Gasteiger partial charge < -0.3 is 21.7 Å². The van der Waals surface area contributed by atoms with Gasteiger partial charge in [-0.3, -0.25) is 19.6 Å². The number of carbonyl (C=O) groups excluding carboxylic acids is 3. The molecule has 0 heterocycles. The number of rotatable bonds is 9. The van der Waals surface area contributed by atoms with Crippen LogP contribution in [0.2, 0.25) is 0 Å². The molecule has 0 aliphatic heterocycles. The monoisotopic (exact) mass is 531 g/mol. The van der Waals surface area contributed by atoms with Gasteiger partial charge in [-0.2, -0.15) is 0 Å². The van der Waals surface area contributed by atoms with Gasteiger partial charge in [-0.25, -0.2) is 5.48 Å². The van der Waals surface area contributed by atoms with Gasteiger partial charge in [0.05, 0.1) is 6.54 Å². The molecular formula is C30H37N5O4. The predicted molar refractivity (Wildman–Crippen MR) is 152 cm³/mol. The molecule has 0 bridgehead atoms. The molecule has 9 heteroatoms. The number of nitrogens with two attached hydrogens (primary N) is 1. The van der Waals surface area contributed by atoms with Crippen molar-refractivity contribution in [2.45, 2.75) is 45.6 Å². The lowest BCUT2D eigenvalue weighted by atomic mass is 9.89. The van der Waals surface area contributed by atoms with Gasteiger partial charge in [0.1, 0.15) is 6.04 Å². The smallest absolute Gasteiger partial charge is 0.267 e. The highest BCUT2D eigenvalue weighted by molar-refractivity contribution is 5.97. The molecule has 1 saturated carbocycles. The number of hydroxylamine groups is 1. The van der Waals surface area contributed by atoms with E-state index in [1.54, 1.807) is 36.4 Å². The van der Waals surface area contributed by atoms with Crippen molar-refractivity contribution >= 4 is 23.4 Å². The van der Waals surface area contributed by atoms with Gasteiger partial charge in [0.25, 0.3) is 11.8 Å². The summed E-state index contributed by atoms with van der Waals surface area (Å²) in [6, 6.07) is 12.7. The van der Waals surface area contributed by atoms with Crippen LogP contribution in [0.3, 0.4) is 0 Å². The molecule has 0 saturated heterocycles. The Morgan fingerprint density at radius 2 is 1.51 bits per heavy atom. The maximum absolute atomic E-state index is 12.2. The third kappa shape index (κ3) is 10.6. The molecule has 1 aliphatic rings. The van der Waals surface area contributed by atoms with Gasteiger partial charge in [-0.1, -0.05) is 38.5 Å². The van der Waals surface area contributed by atoms with Crippen molar-refractivity contribution < 1.29 is 19.6 Å². The summed E-state index contributed by atoms with van der Waals surface area (Å²) >= 11 is 0. The zero-order valence-corrected chi connectivity index (χ0v) is 21.2. The Balaban J connectivity index is 0.00000533. The molecule has 1 fully saturated rings. The molecule has 2 aromatic rings. The molecule has 0 spiro atoms. The van der Waals surface area contributed by atoms with Crippen LogP contribution in [0.25, 0.3) is 0 Å². The summed E-state index contributed by atoms with van der Waals surface area (Å²) in [6.07, 6.45) is 6.40. The number of benzene rings is 2. The van der Waals surface area contributed by atoms with E-state index in [-0.39, 0.29) is 19.9 Å². The van der Waals surface area contributed by atoms with Gasteiger partial charge in [0.15, 0.2) is 0 Å². The molecule has 7 N–H and O–H groups in total. The Labute approximate surface area is 230 Å². The molecule has 0 unspecified atom stereocenters. The fraction of sp³-hybridized carbons (Fsp3) is 0.367. The van der Waals surface area contributed by atoms with Crippen LogP contribution < -0.4 is 27.2 Å². The summed E-state index contributed by atoms with van der Waals surface area (Å²) in [5.41, 5.74) is 9.36. The summed E-state index contributed by atoms with van der Waals surface area (Å²) in [6.45, 7) is 1.03. The minimum Gasteiger partial charge on any atom is -0.339 e. The summed E-state index contributed by atoms with van der Waals surface area (Å²) in [5.74, 6) is 10.7. The summed E-state index contributed by atoms with van der Waals surface area (Å²) in [5, 5.41) is 17.3. The number of carbonyl (C=O) groups is 3. The number of nitrogens with one attached hydrogen (secondary N) is 4. The van der Waals surface area contributed by atoms with E-state index in [1.807, 2.05) is 12.1 Å². The van der Waals surface area contributed by atoms with Crippen LogP contribution in [0.15, 0.2) is 48.5 Å². The van der Waals surface area contributed by atoms with Gasteiger partial charge in [-0.15, -0.1) is 0 Å². The van der Waals surface area contributed by atoms with Crippen molar-refractivity contribution in [1.29, 1.82) is 0 Å². The fourth-order valence-corrected chi connectivity index (χ4v) is 4.09. The number of amides is 3. The first-order valence-electron chi connectivity index (χ1n) is 12.7. The second-order valence-corrected chi connectivity index (χ2v) is 9.08. The van der Waals surface area contributed by atoms with Crippen LogP contribution >= 0.6 is 0 Å². The average molecular weight is 532 g/mol. The highest BCUT2D eigenvalue weighted by Gasteiger charge is 2.19. The number of hydrogen-bond acceptors (Lipinski definition) is 6. The van der Waals surface area contributed by atoms with Crippen LogP contribution in [-0.4, -0.2) is 48.6 Å². The standard InChI is InChI=1S/C29H33N5O4.CH4/c30-18-26(29(37)34-38)33-28(36)24-14-10-21(11-15-24)6-4-5-7-22-12-16-25(17-13-22)32-27(35)20-31-19-23-8-2-1-3-9-23;/h10-17,23,26,31,38H,1-3,8-9,18-20,30H2,(H,32,35)(H,33,36)(H,34,37);1H4/t26-;/m0./s1. The topological polar surface area (TPSA) is 146 Å². The Kier molecular flexibility index (Phi) is 13.3. The van der Waals surface area contributed by atoms with Crippen molar-refractivity contribution in [1.82, 2.24) is 16.1 Å². The van der Waals surface area contributed by atoms with E-state index in [1.165, 1.54) is 37.6 Å². The highest BCUT2D eigenvalue weighted by Crippen LogP contribution is 2.22. The van der Waals surface area contributed by atoms with Crippen molar-refractivity contribution in [2.24, 2.45) is 11.7 Å². The highest BCUT2D eigenvalue weighted by atomic mass is 16.5. The Morgan fingerprint density at radius 3 is 2.08 bits per heavy atom. The molecule has 39 heavy (non-hydrogen) atoms. The normalized spacial score (nSPS) is 13.3. The van der Waals surface area contributed by atoms with Crippen molar-refractivity contribution in [2.75, 3.05) is 25.0 Å². The first kappa shape index (κ1) is 31.1. The minimum atomic E-state index is -1.04. The molecule has 0 aromatic heterocycles. The summed E-state index contributed by atoms with van der Waals surface area (Å²) in [4.78, 5) is 35.9. The van der Waals surface area contributed by atoms with E-state index in [0.717, 1.165) is 12.1 Å². The Hall–Kier alpha value is -4.15. The van der Waals surface area contributed by atoms with Crippen LogP contribution in [0.5, 0.6) is 0 Å². The lowest BCUT2D eigenvalue weighted by Gasteiger charge is -2.21. The van der Waals surface area contributed by atoms with Gasteiger partial charge >= 0.3 is 0 Å². The molecule has 3 amide bonds. The predicted octanol–water partition coefficient (Wildman–Crippen LogP) is 2.40. The molecule has 1 aliphatic carbocycles. The molecular weight excluding hydrogens is 494 g/mol. The Bertz CT molecular complexity index is 1210. The molecule has 1 atom stereocenters. The number of hydrogen-bond donors (Lipinski definition) is 6. The van der Waals surface area contributed by atoms with E-state index in [4.69, 9.17) is 10.9 Å². The van der Waals surface area contributed by atoms with Crippen molar-refractivity contribution in [3.8, 4) is 23.7 Å². The third-order valence-corrected chi connectivity index (χ3v) is 6.20. The lowest BCUT2D eigenvalue weighted by Crippen LogP contribution is -2.50. The van der Waals surface area contributed by atoms with Gasteiger partial charge in [-0.05, 0) is 85.7 Å². The lowest BCUT2D eigenvalue weighted by molar-refractivity contribution is -0.130. The minimum absolute atomic E-state index is 0. The zero-order valence-electron chi connectivity index (χ0n) is 21.2. The van der Waals surface area contributed by atoms with Crippen LogP contribution in [0, 0.1) is 29.6 Å². The van der Waals surface area contributed by atoms with E-state index < -0.39 is 17.9 Å². The third-order valence-electron chi connectivity index (χ3n) is 6.20. The molecule has 0 radical (unpaired) electrons. The van der Waals surface area contributed by atoms with E-state index in [9.17, 15) is 14.4 Å². The van der Waals surface area contributed by atoms with Crippen LogP contribution in [0.4, 0.5) is 5.69 Å². The second-order valence-electron chi connectivity index (χ2n) is 9.08. The largest absolute Gasteiger partial charge is 0.339 e. The average Bonchev–Trinajstić information content (AvgIpc) is 2.95. The van der Waals surface area contributed by atoms with Crippen molar-refractivity contribution in [3.63, 3.8) is 0 Å². The summed E-state index contributed by atoms with van der Waals surface area (Å²) in [7, 11) is 0. The quantitative estimate of drug-likeness (QED) is 0.166. The fourth-order valence-electron chi connectivity index (χ4n) is 4.09. The van der Waals surface area contributed by atoms with Gasteiger partial charge in [0.2, 0.25) is 5.91 Å². The van der Waals surface area contributed by atoms with E-state index >= 15 is 0 Å². The van der Waals surface area contributed by atoms with E-state index in [0.29, 0.717) is 29.3 Å². The van der Waals surface area contributed by atoms with Crippen LogP contribution in [0.1, 0.15) is 61.0 Å². The number of anilines is 1. The molecule has 3 rings (SSSR count). The maximum atomic E-state index is 12.2. The second kappa shape index (κ2) is 16.6. The maximum Gasteiger partial charge on any atom is 0.267 e.